The largest absolute Gasteiger partial charge is 0.490 e. The summed E-state index contributed by atoms with van der Waals surface area (Å²) in [7, 11) is 0. The Balaban J connectivity index is 1.77. The standard InChI is InChI=1S/C26H20ClIN4O6/c1-2-37-23-12-16(10-17(14-29)26(34)31-20-4-3-5-21(13-20)32(35)36)11-22(28)25(23)38-15-24(33)30-19-8-6-18(27)7-9-19/h3-13H,2,15H2,1H3,(H,30,33)(H,31,34)/b17-10+. The van der Waals surface area contributed by atoms with E-state index in [-0.39, 0.29) is 29.5 Å². The number of nitro groups is 1. The Morgan fingerprint density at radius 3 is 2.50 bits per heavy atom. The van der Waals surface area contributed by atoms with Crippen LogP contribution in [-0.4, -0.2) is 30.0 Å². The first-order valence-corrected chi connectivity index (χ1v) is 12.5. The molecule has 0 aromatic heterocycles. The second kappa shape index (κ2) is 13.4. The van der Waals surface area contributed by atoms with E-state index in [4.69, 9.17) is 21.1 Å². The first-order chi connectivity index (χ1) is 18.2. The van der Waals surface area contributed by atoms with Crippen LogP contribution in [0.4, 0.5) is 17.1 Å². The molecule has 0 heterocycles. The molecule has 0 spiro atoms. The number of halogens is 2. The maximum Gasteiger partial charge on any atom is 0.271 e. The number of nitrogens with zero attached hydrogens (tertiary/aromatic N) is 2. The number of anilines is 2. The summed E-state index contributed by atoms with van der Waals surface area (Å²) in [6, 6.07) is 17.1. The molecule has 3 rings (SSSR count). The first kappa shape index (κ1) is 28.4. The summed E-state index contributed by atoms with van der Waals surface area (Å²) in [4.78, 5) is 35.4. The highest BCUT2D eigenvalue weighted by Gasteiger charge is 2.16. The number of nitrogens with one attached hydrogen (secondary N) is 2. The van der Waals surface area contributed by atoms with E-state index in [9.17, 15) is 25.0 Å². The van der Waals surface area contributed by atoms with Gasteiger partial charge >= 0.3 is 0 Å². The number of nitro benzene ring substituents is 1. The minimum Gasteiger partial charge on any atom is -0.490 e. The summed E-state index contributed by atoms with van der Waals surface area (Å²) in [6.07, 6.45) is 1.36. The van der Waals surface area contributed by atoms with Crippen LogP contribution in [0.3, 0.4) is 0 Å². The molecular weight excluding hydrogens is 627 g/mol. The summed E-state index contributed by atoms with van der Waals surface area (Å²) in [5.74, 6) is -0.476. The van der Waals surface area contributed by atoms with Crippen molar-refractivity contribution in [2.24, 2.45) is 0 Å². The number of ether oxygens (including phenoxy) is 2. The number of rotatable bonds is 10. The molecular formula is C26H20ClIN4O6. The van der Waals surface area contributed by atoms with Gasteiger partial charge in [0, 0.05) is 28.5 Å². The predicted molar refractivity (Wildman–Crippen MR) is 151 cm³/mol. The molecule has 3 aromatic carbocycles. The van der Waals surface area contributed by atoms with Gasteiger partial charge in [-0.1, -0.05) is 17.7 Å². The number of hydrogen-bond acceptors (Lipinski definition) is 7. The Labute approximate surface area is 236 Å². The molecule has 0 aliphatic rings. The van der Waals surface area contributed by atoms with Gasteiger partial charge in [-0.15, -0.1) is 0 Å². The monoisotopic (exact) mass is 646 g/mol. The smallest absolute Gasteiger partial charge is 0.271 e. The molecule has 2 N–H and O–H groups in total. The number of benzene rings is 3. The molecule has 12 heteroatoms. The van der Waals surface area contributed by atoms with E-state index in [0.29, 0.717) is 37.9 Å². The van der Waals surface area contributed by atoms with Crippen LogP contribution in [0.2, 0.25) is 5.02 Å². The summed E-state index contributed by atoms with van der Waals surface area (Å²) in [6.45, 7) is 1.79. The van der Waals surface area contributed by atoms with Crippen molar-refractivity contribution in [3.63, 3.8) is 0 Å². The average molecular weight is 647 g/mol. The van der Waals surface area contributed by atoms with Crippen molar-refractivity contribution in [2.75, 3.05) is 23.8 Å². The zero-order chi connectivity index (χ0) is 27.7. The molecule has 0 atom stereocenters. The van der Waals surface area contributed by atoms with Gasteiger partial charge in [-0.05, 0) is 83.6 Å². The molecule has 0 fully saturated rings. The van der Waals surface area contributed by atoms with Crippen LogP contribution in [0.15, 0.2) is 66.2 Å². The molecule has 194 valence electrons. The van der Waals surface area contributed by atoms with Crippen LogP contribution in [-0.2, 0) is 9.59 Å². The fraction of sp³-hybridized carbons (Fsp3) is 0.115. The van der Waals surface area contributed by atoms with Gasteiger partial charge in [-0.25, -0.2) is 0 Å². The number of hydrogen-bond donors (Lipinski definition) is 2. The molecule has 38 heavy (non-hydrogen) atoms. The summed E-state index contributed by atoms with van der Waals surface area (Å²) in [5.41, 5.74) is 0.789. The molecule has 0 bridgehead atoms. The number of carbonyl (C=O) groups is 2. The van der Waals surface area contributed by atoms with E-state index in [0.717, 1.165) is 0 Å². The minimum absolute atomic E-state index is 0.176. The van der Waals surface area contributed by atoms with Gasteiger partial charge in [0.2, 0.25) is 0 Å². The van der Waals surface area contributed by atoms with Gasteiger partial charge in [0.1, 0.15) is 11.6 Å². The van der Waals surface area contributed by atoms with Crippen molar-refractivity contribution in [3.05, 3.63) is 90.5 Å². The third kappa shape index (κ3) is 7.92. The van der Waals surface area contributed by atoms with E-state index in [2.05, 4.69) is 10.6 Å². The third-order valence-electron chi connectivity index (χ3n) is 4.80. The lowest BCUT2D eigenvalue weighted by molar-refractivity contribution is -0.384. The van der Waals surface area contributed by atoms with E-state index >= 15 is 0 Å². The van der Waals surface area contributed by atoms with E-state index in [1.807, 2.05) is 28.7 Å². The maximum atomic E-state index is 12.7. The molecule has 0 aliphatic heterocycles. The van der Waals surface area contributed by atoms with E-state index in [1.165, 1.54) is 30.3 Å². The molecule has 0 aliphatic carbocycles. The van der Waals surface area contributed by atoms with Gasteiger partial charge in [-0.3, -0.25) is 19.7 Å². The zero-order valence-corrected chi connectivity index (χ0v) is 22.8. The SMILES string of the molecule is CCOc1cc(/C=C(\C#N)C(=O)Nc2cccc([N+](=O)[O-])c2)cc(I)c1OCC(=O)Nc1ccc(Cl)cc1. The fourth-order valence-electron chi connectivity index (χ4n) is 3.15. The average Bonchev–Trinajstić information content (AvgIpc) is 2.88. The summed E-state index contributed by atoms with van der Waals surface area (Å²) >= 11 is 7.86. The van der Waals surface area contributed by atoms with Crippen LogP contribution in [0.1, 0.15) is 12.5 Å². The van der Waals surface area contributed by atoms with Gasteiger partial charge in [0.25, 0.3) is 17.5 Å². The highest BCUT2D eigenvalue weighted by atomic mass is 127. The van der Waals surface area contributed by atoms with Gasteiger partial charge in [0.05, 0.1) is 15.1 Å². The van der Waals surface area contributed by atoms with Crippen molar-refractivity contribution in [3.8, 4) is 17.6 Å². The predicted octanol–water partition coefficient (Wildman–Crippen LogP) is 5.81. The summed E-state index contributed by atoms with van der Waals surface area (Å²) < 4.78 is 12.0. The number of amides is 2. The molecule has 0 saturated carbocycles. The lowest BCUT2D eigenvalue weighted by Crippen LogP contribution is -2.20. The Kier molecular flexibility index (Phi) is 10.0. The fourth-order valence-corrected chi connectivity index (χ4v) is 4.06. The Morgan fingerprint density at radius 2 is 1.84 bits per heavy atom. The molecule has 3 aromatic rings. The van der Waals surface area contributed by atoms with Crippen molar-refractivity contribution in [1.29, 1.82) is 5.26 Å². The van der Waals surface area contributed by atoms with Gasteiger partial charge < -0.3 is 20.1 Å². The lowest BCUT2D eigenvalue weighted by atomic mass is 10.1. The van der Waals surface area contributed by atoms with Gasteiger partial charge in [-0.2, -0.15) is 5.26 Å². The van der Waals surface area contributed by atoms with Crippen LogP contribution in [0, 0.1) is 25.0 Å². The number of carbonyl (C=O) groups excluding carboxylic acids is 2. The Bertz CT molecular complexity index is 1440. The van der Waals surface area contributed by atoms with Crippen LogP contribution in [0.5, 0.6) is 11.5 Å². The molecule has 2 amide bonds. The lowest BCUT2D eigenvalue weighted by Gasteiger charge is -2.15. The Morgan fingerprint density at radius 1 is 1.11 bits per heavy atom. The molecule has 0 saturated heterocycles. The maximum absolute atomic E-state index is 12.7. The Hall–Kier alpha value is -4.15. The third-order valence-corrected chi connectivity index (χ3v) is 5.85. The topological polar surface area (TPSA) is 144 Å². The summed E-state index contributed by atoms with van der Waals surface area (Å²) in [5, 5.41) is 26.3. The van der Waals surface area contributed by atoms with E-state index < -0.39 is 10.8 Å². The molecule has 0 radical (unpaired) electrons. The normalized spacial score (nSPS) is 10.7. The van der Waals surface area contributed by atoms with Crippen molar-refractivity contribution in [1.82, 2.24) is 0 Å². The second-order valence-corrected chi connectivity index (χ2v) is 9.14. The zero-order valence-electron chi connectivity index (χ0n) is 19.9. The van der Waals surface area contributed by atoms with E-state index in [1.54, 1.807) is 43.3 Å². The minimum atomic E-state index is -0.736. The quantitative estimate of drug-likeness (QED) is 0.0930. The van der Waals surface area contributed by atoms with Crippen molar-refractivity contribution < 1.29 is 24.0 Å². The van der Waals surface area contributed by atoms with Crippen molar-refractivity contribution in [2.45, 2.75) is 6.92 Å². The number of nitriles is 1. The first-order valence-electron chi connectivity index (χ1n) is 11.0. The molecule has 0 unspecified atom stereocenters. The number of non-ortho nitro benzene ring substituents is 1. The highest BCUT2D eigenvalue weighted by Crippen LogP contribution is 2.35. The van der Waals surface area contributed by atoms with Crippen LogP contribution >= 0.6 is 34.2 Å². The molecule has 10 nitrogen and oxygen atoms in total. The van der Waals surface area contributed by atoms with Crippen LogP contribution < -0.4 is 20.1 Å². The van der Waals surface area contributed by atoms with Gasteiger partial charge in [0.15, 0.2) is 18.1 Å². The van der Waals surface area contributed by atoms with Crippen molar-refractivity contribution >= 4 is 69.1 Å². The van der Waals surface area contributed by atoms with Crippen LogP contribution in [0.25, 0.3) is 6.08 Å². The second-order valence-electron chi connectivity index (χ2n) is 7.54. The highest BCUT2D eigenvalue weighted by molar-refractivity contribution is 14.1.